The summed E-state index contributed by atoms with van der Waals surface area (Å²) in [5, 5.41) is 5.94. The van der Waals surface area contributed by atoms with E-state index >= 15 is 0 Å². The Balaban J connectivity index is 1.61. The van der Waals surface area contributed by atoms with E-state index in [0.29, 0.717) is 16.9 Å². The molecule has 3 aromatic rings. The molecule has 1 aliphatic rings. The SMILES string of the molecule is COc1ccc(C=NN(CC(C)OC(=O)c2ccccc2)C2=NS(=O)(=O)c3ccccc32)cc1. The summed E-state index contributed by atoms with van der Waals surface area (Å²) in [7, 11) is -2.26. The van der Waals surface area contributed by atoms with Gasteiger partial charge in [0.15, 0.2) is 5.84 Å². The number of esters is 1. The average Bonchev–Trinajstić information content (AvgIpc) is 3.13. The molecule has 0 amide bonds. The Labute approximate surface area is 198 Å². The van der Waals surface area contributed by atoms with Gasteiger partial charge in [0.25, 0.3) is 10.0 Å². The van der Waals surface area contributed by atoms with Crippen LogP contribution < -0.4 is 4.74 Å². The lowest BCUT2D eigenvalue weighted by molar-refractivity contribution is 0.0300. The summed E-state index contributed by atoms with van der Waals surface area (Å²) in [5.74, 6) is 0.396. The molecule has 1 unspecified atom stereocenters. The van der Waals surface area contributed by atoms with E-state index < -0.39 is 22.1 Å². The molecule has 0 aliphatic carbocycles. The first kappa shape index (κ1) is 23.2. The Bertz CT molecular complexity index is 1340. The third-order valence-corrected chi connectivity index (χ3v) is 6.39. The molecular weight excluding hydrogens is 454 g/mol. The number of carbonyl (C=O) groups excluding carboxylic acids is 1. The first-order chi connectivity index (χ1) is 16.4. The minimum atomic E-state index is -3.85. The van der Waals surface area contributed by atoms with Crippen LogP contribution in [0.25, 0.3) is 0 Å². The summed E-state index contributed by atoms with van der Waals surface area (Å²) in [5.41, 5.74) is 1.64. The van der Waals surface area contributed by atoms with Gasteiger partial charge >= 0.3 is 5.97 Å². The number of amidine groups is 1. The second-order valence-electron chi connectivity index (χ2n) is 7.57. The predicted molar refractivity (Wildman–Crippen MR) is 129 cm³/mol. The van der Waals surface area contributed by atoms with Crippen molar-refractivity contribution >= 4 is 28.0 Å². The van der Waals surface area contributed by atoms with Crippen molar-refractivity contribution in [1.82, 2.24) is 5.01 Å². The monoisotopic (exact) mass is 477 g/mol. The Morgan fingerprint density at radius 2 is 1.71 bits per heavy atom. The van der Waals surface area contributed by atoms with Crippen LogP contribution in [0.1, 0.15) is 28.4 Å². The molecule has 34 heavy (non-hydrogen) atoms. The van der Waals surface area contributed by atoms with E-state index in [1.165, 1.54) is 11.1 Å². The molecule has 0 spiro atoms. The zero-order valence-corrected chi connectivity index (χ0v) is 19.5. The summed E-state index contributed by atoms with van der Waals surface area (Å²) in [4.78, 5) is 12.6. The number of hydrazone groups is 1. The van der Waals surface area contributed by atoms with Crippen LogP contribution in [0.3, 0.4) is 0 Å². The van der Waals surface area contributed by atoms with Gasteiger partial charge in [-0.2, -0.15) is 13.5 Å². The predicted octanol–water partition coefficient (Wildman–Crippen LogP) is 3.73. The van der Waals surface area contributed by atoms with Gasteiger partial charge in [0, 0.05) is 5.56 Å². The first-order valence-electron chi connectivity index (χ1n) is 10.5. The van der Waals surface area contributed by atoms with E-state index in [0.717, 1.165) is 5.56 Å². The molecule has 0 radical (unpaired) electrons. The van der Waals surface area contributed by atoms with Crippen molar-refractivity contribution in [2.24, 2.45) is 9.50 Å². The van der Waals surface area contributed by atoms with Crippen LogP contribution in [0.2, 0.25) is 0 Å². The smallest absolute Gasteiger partial charge is 0.338 e. The molecule has 0 bridgehead atoms. The summed E-state index contributed by atoms with van der Waals surface area (Å²) < 4.78 is 39.9. The lowest BCUT2D eigenvalue weighted by Gasteiger charge is -2.23. The van der Waals surface area contributed by atoms with Crippen molar-refractivity contribution in [3.05, 3.63) is 95.6 Å². The van der Waals surface area contributed by atoms with Gasteiger partial charge in [0.1, 0.15) is 16.7 Å². The highest BCUT2D eigenvalue weighted by molar-refractivity contribution is 7.90. The molecule has 9 heteroatoms. The molecule has 0 aromatic heterocycles. The van der Waals surface area contributed by atoms with Crippen LogP contribution >= 0.6 is 0 Å². The van der Waals surface area contributed by atoms with Crippen LogP contribution in [-0.2, 0) is 14.8 Å². The summed E-state index contributed by atoms with van der Waals surface area (Å²) in [6, 6.07) is 22.4. The second kappa shape index (κ2) is 9.88. The first-order valence-corrected chi connectivity index (χ1v) is 12.0. The van der Waals surface area contributed by atoms with Gasteiger partial charge in [-0.3, -0.25) is 0 Å². The van der Waals surface area contributed by atoms with E-state index in [1.54, 1.807) is 74.8 Å². The highest BCUT2D eigenvalue weighted by Crippen LogP contribution is 2.28. The lowest BCUT2D eigenvalue weighted by Crippen LogP contribution is -2.34. The van der Waals surface area contributed by atoms with Crippen molar-refractivity contribution in [2.75, 3.05) is 13.7 Å². The van der Waals surface area contributed by atoms with Crippen LogP contribution in [0.5, 0.6) is 5.75 Å². The summed E-state index contributed by atoms with van der Waals surface area (Å²) in [6.45, 7) is 1.81. The fourth-order valence-corrected chi connectivity index (χ4v) is 4.60. The third-order valence-electron chi connectivity index (χ3n) is 5.07. The van der Waals surface area contributed by atoms with Crippen LogP contribution in [0.4, 0.5) is 0 Å². The Kier molecular flexibility index (Phi) is 6.74. The number of carbonyl (C=O) groups is 1. The molecule has 174 valence electrons. The Hall–Kier alpha value is -3.98. The van der Waals surface area contributed by atoms with Crippen LogP contribution in [0, 0.1) is 0 Å². The number of sulfonamides is 1. The van der Waals surface area contributed by atoms with Crippen LogP contribution in [-0.4, -0.2) is 51.2 Å². The number of methoxy groups -OCH3 is 1. The number of rotatable bonds is 7. The van der Waals surface area contributed by atoms with Gasteiger partial charge in [0.05, 0.1) is 25.4 Å². The minimum Gasteiger partial charge on any atom is -0.497 e. The fraction of sp³-hybridized carbons (Fsp3) is 0.160. The van der Waals surface area contributed by atoms with Crippen molar-refractivity contribution in [3.63, 3.8) is 0 Å². The van der Waals surface area contributed by atoms with Crippen LogP contribution in [0.15, 0.2) is 93.3 Å². The molecule has 0 saturated heterocycles. The molecular formula is C25H23N3O5S. The highest BCUT2D eigenvalue weighted by Gasteiger charge is 2.32. The van der Waals surface area contributed by atoms with E-state index in [1.807, 2.05) is 18.2 Å². The zero-order valence-electron chi connectivity index (χ0n) is 18.7. The van der Waals surface area contributed by atoms with Crippen molar-refractivity contribution in [3.8, 4) is 5.75 Å². The lowest BCUT2D eigenvalue weighted by atomic mass is 10.2. The standard InChI is InChI=1S/C25H23N3O5S/c1-18(33-25(29)20-8-4-3-5-9-20)17-28(26-16-19-12-14-21(32-2)15-13-19)24-22-10-6-7-11-23(22)34(30,31)27-24/h3-16,18H,17H2,1-2H3. The molecule has 0 saturated carbocycles. The Morgan fingerprint density at radius 3 is 2.41 bits per heavy atom. The maximum atomic E-state index is 12.6. The average molecular weight is 478 g/mol. The van der Waals surface area contributed by atoms with Crippen molar-refractivity contribution < 1.29 is 22.7 Å². The third kappa shape index (κ3) is 5.15. The number of hydrogen-bond acceptors (Lipinski definition) is 7. The number of benzene rings is 3. The summed E-state index contributed by atoms with van der Waals surface area (Å²) >= 11 is 0. The largest absolute Gasteiger partial charge is 0.497 e. The quantitative estimate of drug-likeness (QED) is 0.292. The summed E-state index contributed by atoms with van der Waals surface area (Å²) in [6.07, 6.45) is 0.972. The normalized spacial score (nSPS) is 14.8. The van der Waals surface area contributed by atoms with E-state index in [4.69, 9.17) is 9.47 Å². The van der Waals surface area contributed by atoms with Crippen molar-refractivity contribution in [2.45, 2.75) is 17.9 Å². The van der Waals surface area contributed by atoms with Gasteiger partial charge in [-0.05, 0) is 61.0 Å². The van der Waals surface area contributed by atoms with Gasteiger partial charge in [0.2, 0.25) is 0 Å². The molecule has 0 N–H and O–H groups in total. The number of ether oxygens (including phenoxy) is 2. The molecule has 1 aliphatic heterocycles. The maximum absolute atomic E-state index is 12.6. The fourth-order valence-electron chi connectivity index (χ4n) is 3.40. The van der Waals surface area contributed by atoms with Crippen molar-refractivity contribution in [1.29, 1.82) is 0 Å². The van der Waals surface area contributed by atoms with Gasteiger partial charge < -0.3 is 9.47 Å². The Morgan fingerprint density at radius 1 is 1.03 bits per heavy atom. The molecule has 8 nitrogen and oxygen atoms in total. The number of hydrogen-bond donors (Lipinski definition) is 0. The van der Waals surface area contributed by atoms with E-state index in [2.05, 4.69) is 9.50 Å². The highest BCUT2D eigenvalue weighted by atomic mass is 32.2. The van der Waals surface area contributed by atoms with Gasteiger partial charge in [-0.25, -0.2) is 9.80 Å². The van der Waals surface area contributed by atoms with Gasteiger partial charge in [-0.1, -0.05) is 30.3 Å². The topological polar surface area (TPSA) is 97.6 Å². The molecule has 4 rings (SSSR count). The number of fused-ring (bicyclic) bond motifs is 1. The minimum absolute atomic E-state index is 0.0912. The van der Waals surface area contributed by atoms with Gasteiger partial charge in [-0.15, -0.1) is 4.40 Å². The maximum Gasteiger partial charge on any atom is 0.338 e. The van der Waals surface area contributed by atoms with E-state index in [-0.39, 0.29) is 17.3 Å². The zero-order chi connectivity index (χ0) is 24.1. The number of nitrogens with zero attached hydrogens (tertiary/aromatic N) is 3. The molecule has 1 heterocycles. The molecule has 3 aromatic carbocycles. The molecule has 1 atom stereocenters. The second-order valence-corrected chi connectivity index (χ2v) is 9.14. The van der Waals surface area contributed by atoms with E-state index in [9.17, 15) is 13.2 Å². The molecule has 0 fully saturated rings.